The molecule has 3 aromatic rings. The van der Waals surface area contributed by atoms with Gasteiger partial charge in [-0.3, -0.25) is 9.97 Å². The van der Waals surface area contributed by atoms with Crippen LogP contribution in [0.4, 0.5) is 0 Å². The fraction of sp³-hybridized carbons (Fsp3) is 0.250. The molecule has 9 heteroatoms. The summed E-state index contributed by atoms with van der Waals surface area (Å²) in [6.07, 6.45) is 6.85. The Balaban J connectivity index is 1.53. The third kappa shape index (κ3) is 3.03. The number of nitrogens with zero attached hydrogens (tertiary/aromatic N) is 5. The van der Waals surface area contributed by atoms with Gasteiger partial charge in [0.1, 0.15) is 4.90 Å². The van der Waals surface area contributed by atoms with Crippen molar-refractivity contribution in [2.45, 2.75) is 17.2 Å². The molecule has 0 unspecified atom stereocenters. The molecule has 0 aliphatic carbocycles. The second kappa shape index (κ2) is 6.34. The average molecular weight is 357 g/mol. The Morgan fingerprint density at radius 2 is 1.96 bits per heavy atom. The van der Waals surface area contributed by atoms with E-state index in [4.69, 9.17) is 4.52 Å². The van der Waals surface area contributed by atoms with Gasteiger partial charge in [-0.25, -0.2) is 8.42 Å². The van der Waals surface area contributed by atoms with Crippen LogP contribution in [0.5, 0.6) is 0 Å². The van der Waals surface area contributed by atoms with Gasteiger partial charge in [-0.1, -0.05) is 5.16 Å². The van der Waals surface area contributed by atoms with Crippen molar-refractivity contribution in [1.29, 1.82) is 0 Å². The molecule has 1 fully saturated rings. The molecule has 1 aliphatic rings. The van der Waals surface area contributed by atoms with Crippen LogP contribution < -0.4 is 0 Å². The van der Waals surface area contributed by atoms with E-state index in [2.05, 4.69) is 20.1 Å². The van der Waals surface area contributed by atoms with Gasteiger partial charge in [0, 0.05) is 43.4 Å². The molecule has 0 bridgehead atoms. The summed E-state index contributed by atoms with van der Waals surface area (Å²) in [6.45, 7) is 0.726. The molecule has 0 N–H and O–H groups in total. The summed E-state index contributed by atoms with van der Waals surface area (Å²) >= 11 is 0. The van der Waals surface area contributed by atoms with Crippen LogP contribution in [0.25, 0.3) is 11.4 Å². The predicted molar refractivity (Wildman–Crippen MR) is 87.9 cm³/mol. The third-order valence-electron chi connectivity index (χ3n) is 4.15. The highest BCUT2D eigenvalue weighted by Crippen LogP contribution is 2.31. The zero-order valence-corrected chi connectivity index (χ0v) is 14.0. The fourth-order valence-electron chi connectivity index (χ4n) is 2.82. The van der Waals surface area contributed by atoms with E-state index >= 15 is 0 Å². The van der Waals surface area contributed by atoms with Crippen LogP contribution >= 0.6 is 0 Å². The number of aromatic nitrogens is 4. The minimum atomic E-state index is -3.55. The van der Waals surface area contributed by atoms with Crippen molar-refractivity contribution in [2.75, 3.05) is 13.1 Å². The Morgan fingerprint density at radius 3 is 2.72 bits per heavy atom. The normalized spacial score (nSPS) is 18.5. The molecular formula is C16H15N5O3S. The first-order valence-electron chi connectivity index (χ1n) is 7.79. The van der Waals surface area contributed by atoms with E-state index in [1.54, 1.807) is 42.9 Å². The summed E-state index contributed by atoms with van der Waals surface area (Å²) < 4.78 is 32.1. The van der Waals surface area contributed by atoms with Crippen LogP contribution in [0.15, 0.2) is 58.5 Å². The van der Waals surface area contributed by atoms with Gasteiger partial charge in [0.05, 0.1) is 5.92 Å². The van der Waals surface area contributed by atoms with Crippen LogP contribution in [-0.2, 0) is 10.0 Å². The molecule has 0 aromatic carbocycles. The SMILES string of the molecule is O=S(=O)(c1cccnc1)N1CC[C@@H](c2nc(-c3ccncc3)no2)C1. The molecule has 0 saturated carbocycles. The summed E-state index contributed by atoms with van der Waals surface area (Å²) in [5.41, 5.74) is 0.808. The van der Waals surface area contributed by atoms with E-state index in [1.807, 2.05) is 0 Å². The quantitative estimate of drug-likeness (QED) is 0.700. The van der Waals surface area contributed by atoms with Gasteiger partial charge >= 0.3 is 0 Å². The summed E-state index contributed by atoms with van der Waals surface area (Å²) in [7, 11) is -3.55. The second-order valence-electron chi connectivity index (χ2n) is 5.73. The topological polar surface area (TPSA) is 102 Å². The average Bonchev–Trinajstić information content (AvgIpc) is 3.33. The van der Waals surface area contributed by atoms with Gasteiger partial charge in [0.2, 0.25) is 21.7 Å². The van der Waals surface area contributed by atoms with Crippen molar-refractivity contribution in [2.24, 2.45) is 0 Å². The fourth-order valence-corrected chi connectivity index (χ4v) is 4.28. The first-order valence-corrected chi connectivity index (χ1v) is 9.23. The maximum atomic E-state index is 12.7. The number of rotatable bonds is 4. The van der Waals surface area contributed by atoms with E-state index in [9.17, 15) is 8.42 Å². The molecule has 128 valence electrons. The molecule has 4 rings (SSSR count). The van der Waals surface area contributed by atoms with E-state index in [0.29, 0.717) is 31.2 Å². The van der Waals surface area contributed by atoms with Crippen LogP contribution in [-0.4, -0.2) is 45.9 Å². The lowest BCUT2D eigenvalue weighted by Crippen LogP contribution is -2.28. The first-order chi connectivity index (χ1) is 12.1. The lowest BCUT2D eigenvalue weighted by atomic mass is 10.1. The number of hydrogen-bond acceptors (Lipinski definition) is 7. The number of hydrogen-bond donors (Lipinski definition) is 0. The van der Waals surface area contributed by atoms with Gasteiger partial charge in [0.25, 0.3) is 0 Å². The smallest absolute Gasteiger partial charge is 0.244 e. The highest BCUT2D eigenvalue weighted by molar-refractivity contribution is 7.89. The molecule has 3 aromatic heterocycles. The van der Waals surface area contributed by atoms with Crippen molar-refractivity contribution >= 4 is 10.0 Å². The Bertz CT molecular complexity index is 960. The Morgan fingerprint density at radius 1 is 1.12 bits per heavy atom. The highest BCUT2D eigenvalue weighted by Gasteiger charge is 2.36. The molecule has 0 spiro atoms. The Kier molecular flexibility index (Phi) is 4.02. The van der Waals surface area contributed by atoms with E-state index < -0.39 is 10.0 Å². The highest BCUT2D eigenvalue weighted by atomic mass is 32.2. The molecule has 1 saturated heterocycles. The monoisotopic (exact) mass is 357 g/mol. The van der Waals surface area contributed by atoms with Gasteiger partial charge in [-0.2, -0.15) is 9.29 Å². The second-order valence-corrected chi connectivity index (χ2v) is 7.67. The third-order valence-corrected chi connectivity index (χ3v) is 6.00. The Labute approximate surface area is 144 Å². The van der Waals surface area contributed by atoms with Crippen molar-refractivity contribution in [3.05, 3.63) is 54.9 Å². The van der Waals surface area contributed by atoms with E-state index in [-0.39, 0.29) is 10.8 Å². The zero-order chi connectivity index (χ0) is 17.3. The predicted octanol–water partition coefficient (Wildman–Crippen LogP) is 1.70. The standard InChI is InChI=1S/C16H15N5O3S/c22-25(23,14-2-1-6-18-10-14)21-9-5-13(11-21)16-19-15(20-24-16)12-3-7-17-8-4-12/h1-4,6-8,10,13H,5,9,11H2/t13-/m1/s1. The summed E-state index contributed by atoms with van der Waals surface area (Å²) in [4.78, 5) is 12.4. The van der Waals surface area contributed by atoms with Crippen LogP contribution in [0, 0.1) is 0 Å². The van der Waals surface area contributed by atoms with Crippen molar-refractivity contribution in [3.63, 3.8) is 0 Å². The summed E-state index contributed by atoms with van der Waals surface area (Å²) in [5.74, 6) is 0.816. The lowest BCUT2D eigenvalue weighted by molar-refractivity contribution is 0.354. The maximum absolute atomic E-state index is 12.7. The minimum Gasteiger partial charge on any atom is -0.339 e. The van der Waals surface area contributed by atoms with Crippen molar-refractivity contribution in [3.8, 4) is 11.4 Å². The van der Waals surface area contributed by atoms with Gasteiger partial charge in [-0.05, 0) is 30.7 Å². The first kappa shape index (κ1) is 15.9. The molecule has 0 amide bonds. The lowest BCUT2D eigenvalue weighted by Gasteiger charge is -2.15. The van der Waals surface area contributed by atoms with Gasteiger partial charge in [0.15, 0.2) is 0 Å². The summed E-state index contributed by atoms with van der Waals surface area (Å²) in [6, 6.07) is 6.74. The number of sulfonamides is 1. The molecular weight excluding hydrogens is 342 g/mol. The molecule has 0 radical (unpaired) electrons. The van der Waals surface area contributed by atoms with E-state index in [1.165, 1.54) is 10.5 Å². The van der Waals surface area contributed by atoms with Crippen LogP contribution in [0.3, 0.4) is 0 Å². The molecule has 1 atom stereocenters. The van der Waals surface area contributed by atoms with Crippen LogP contribution in [0.2, 0.25) is 0 Å². The van der Waals surface area contributed by atoms with E-state index in [0.717, 1.165) is 5.56 Å². The number of pyridine rings is 2. The van der Waals surface area contributed by atoms with Gasteiger partial charge < -0.3 is 4.52 Å². The zero-order valence-electron chi connectivity index (χ0n) is 13.2. The van der Waals surface area contributed by atoms with Crippen molar-refractivity contribution < 1.29 is 12.9 Å². The Hall–Kier alpha value is -2.65. The molecule has 4 heterocycles. The maximum Gasteiger partial charge on any atom is 0.244 e. The van der Waals surface area contributed by atoms with Crippen molar-refractivity contribution in [1.82, 2.24) is 24.4 Å². The molecule has 25 heavy (non-hydrogen) atoms. The minimum absolute atomic E-state index is 0.116. The van der Waals surface area contributed by atoms with Crippen LogP contribution in [0.1, 0.15) is 18.2 Å². The largest absolute Gasteiger partial charge is 0.339 e. The summed E-state index contributed by atoms with van der Waals surface area (Å²) in [5, 5.41) is 3.98. The molecule has 1 aliphatic heterocycles. The van der Waals surface area contributed by atoms with Gasteiger partial charge in [-0.15, -0.1) is 0 Å². The molecule has 8 nitrogen and oxygen atoms in total.